The molecule has 3 heterocycles. The lowest BCUT2D eigenvalue weighted by Crippen LogP contribution is -2.66. The number of carbonyl (C=O) groups excluding carboxylic acids is 16. The van der Waals surface area contributed by atoms with Gasteiger partial charge < -0.3 is 136 Å². The predicted octanol–water partition coefficient (Wildman–Crippen LogP) is -1.37. The minimum absolute atomic E-state index is 0.0409. The Morgan fingerprint density at radius 1 is 0.398 bits per heavy atom. The van der Waals surface area contributed by atoms with E-state index in [1.807, 2.05) is 27.7 Å². The lowest BCUT2D eigenvalue weighted by molar-refractivity contribution is -0.279. The first-order valence-electron chi connectivity index (χ1n) is 40.1. The largest absolute Gasteiger partial charge is 0.463 e. The smallest absolute Gasteiger partial charge is 0.303 e. The van der Waals surface area contributed by atoms with Gasteiger partial charge in [-0.1, -0.05) is 0 Å². The summed E-state index contributed by atoms with van der Waals surface area (Å²) in [7, 11) is -1.54. The molecule has 0 aromatic rings. The Morgan fingerprint density at radius 2 is 0.764 bits per heavy atom. The highest BCUT2D eigenvalue weighted by molar-refractivity contribution is 7.44. The van der Waals surface area contributed by atoms with Crippen LogP contribution in [0.15, 0.2) is 0 Å². The maximum Gasteiger partial charge on any atom is 0.303 e. The number of esters is 9. The number of rotatable bonds is 58. The molecule has 7 amide bonds. The van der Waals surface area contributed by atoms with Gasteiger partial charge in [0, 0.05) is 140 Å². The first-order chi connectivity index (χ1) is 58.3. The third kappa shape index (κ3) is 44.9. The normalized spacial score (nSPS) is 22.4. The average Bonchev–Trinajstić information content (AvgIpc) is 0.790. The van der Waals surface area contributed by atoms with Crippen LogP contribution in [0.1, 0.15) is 149 Å². The van der Waals surface area contributed by atoms with Crippen LogP contribution >= 0.6 is 8.53 Å². The molecule has 0 aliphatic carbocycles. The lowest BCUT2D eigenvalue weighted by atomic mass is 9.96. The van der Waals surface area contributed by atoms with Crippen molar-refractivity contribution in [2.24, 2.45) is 0 Å². The number of nitrogens with zero attached hydrogens (tertiary/aromatic N) is 1. The molecule has 3 aliphatic rings. The maximum atomic E-state index is 14.1. The molecule has 698 valence electrons. The van der Waals surface area contributed by atoms with Gasteiger partial charge in [0.2, 0.25) is 41.4 Å². The van der Waals surface area contributed by atoms with E-state index in [1.165, 1.54) is 13.8 Å². The lowest BCUT2D eigenvalue weighted by Gasteiger charge is -2.44. The van der Waals surface area contributed by atoms with Crippen molar-refractivity contribution in [3.8, 4) is 12.3 Å². The molecule has 3 aliphatic heterocycles. The fraction of sp³-hybridized carbons (Fsp3) is 0.766. The molecule has 123 heavy (non-hydrogen) atoms. The van der Waals surface area contributed by atoms with Gasteiger partial charge in [-0.05, 0) is 40.5 Å². The summed E-state index contributed by atoms with van der Waals surface area (Å²) in [5, 5.41) is 18.4. The Morgan fingerprint density at radius 3 is 1.17 bits per heavy atom. The summed E-state index contributed by atoms with van der Waals surface area (Å²) < 4.78 is 121. The van der Waals surface area contributed by atoms with Gasteiger partial charge in [-0.15, -0.1) is 12.3 Å². The maximum absolute atomic E-state index is 14.1. The van der Waals surface area contributed by atoms with Gasteiger partial charge in [-0.3, -0.25) is 76.7 Å². The molecule has 3 fully saturated rings. The van der Waals surface area contributed by atoms with Gasteiger partial charge in [0.25, 0.3) is 8.53 Å². The van der Waals surface area contributed by atoms with Crippen LogP contribution in [-0.4, -0.2) is 335 Å². The summed E-state index contributed by atoms with van der Waals surface area (Å²) in [6.45, 7) is 17.4. The van der Waals surface area contributed by atoms with E-state index in [4.69, 9.17) is 105 Å². The van der Waals surface area contributed by atoms with Crippen molar-refractivity contribution in [1.82, 2.24) is 41.9 Å². The highest BCUT2D eigenvalue weighted by atomic mass is 31.2. The molecule has 0 aromatic heterocycles. The Labute approximate surface area is 715 Å². The molecule has 0 radical (unpaired) electrons. The molecule has 45 nitrogen and oxygen atoms in total. The summed E-state index contributed by atoms with van der Waals surface area (Å²) in [5.41, 5.74) is 0. The van der Waals surface area contributed by atoms with Gasteiger partial charge in [0.15, 0.2) is 49.4 Å². The number of terminal acetylenes is 1. The average molecular weight is 1780 g/mol. The van der Waals surface area contributed by atoms with Crippen LogP contribution < -0.4 is 37.2 Å². The molecule has 17 atom stereocenters. The minimum atomic E-state index is -1.54. The second-order valence-corrected chi connectivity index (χ2v) is 29.7. The van der Waals surface area contributed by atoms with E-state index in [2.05, 4.69) is 47.8 Å². The highest BCUT2D eigenvalue weighted by Gasteiger charge is 2.53. The van der Waals surface area contributed by atoms with Crippen molar-refractivity contribution in [1.29, 1.82) is 0 Å². The van der Waals surface area contributed by atoms with E-state index < -0.39 is 221 Å². The van der Waals surface area contributed by atoms with Crippen LogP contribution in [0.3, 0.4) is 0 Å². The Kier molecular flexibility index (Phi) is 52.6. The van der Waals surface area contributed by atoms with Crippen molar-refractivity contribution in [3.05, 3.63) is 0 Å². The zero-order chi connectivity index (χ0) is 91.7. The van der Waals surface area contributed by atoms with Gasteiger partial charge in [-0.25, -0.2) is 4.67 Å². The van der Waals surface area contributed by atoms with Crippen molar-refractivity contribution in [3.63, 3.8) is 0 Å². The minimum Gasteiger partial charge on any atom is -0.463 e. The van der Waals surface area contributed by atoms with E-state index in [0.717, 1.165) is 62.3 Å². The molecular weight excluding hydrogens is 1660 g/mol. The summed E-state index contributed by atoms with van der Waals surface area (Å²) in [4.78, 5) is 203. The molecule has 17 unspecified atom stereocenters. The molecule has 0 aromatic carbocycles. The van der Waals surface area contributed by atoms with Crippen molar-refractivity contribution >= 4 is 104 Å². The van der Waals surface area contributed by atoms with Crippen LogP contribution in [0.5, 0.6) is 0 Å². The molecule has 46 heteroatoms. The Hall–Kier alpha value is -9.01. The fourth-order valence-corrected chi connectivity index (χ4v) is 13.9. The van der Waals surface area contributed by atoms with Gasteiger partial charge >= 0.3 is 53.7 Å². The van der Waals surface area contributed by atoms with Crippen molar-refractivity contribution in [2.45, 2.75) is 259 Å². The van der Waals surface area contributed by atoms with E-state index in [1.54, 1.807) is 0 Å². The molecule has 3 saturated heterocycles. The van der Waals surface area contributed by atoms with E-state index >= 15 is 0 Å². The number of hydrogen-bond donors (Lipinski definition) is 7. The molecule has 0 saturated carbocycles. The topological polar surface area (TPSA) is 554 Å². The number of nitrogens with one attached hydrogen (secondary N) is 7. The third-order valence-electron chi connectivity index (χ3n) is 17.1. The summed E-state index contributed by atoms with van der Waals surface area (Å²) >= 11 is 0. The first-order valence-corrected chi connectivity index (χ1v) is 41.2. The summed E-state index contributed by atoms with van der Waals surface area (Å²) in [5.74, 6) is -9.06. The molecule has 0 bridgehead atoms. The third-order valence-corrected chi connectivity index (χ3v) is 19.2. The zero-order valence-corrected chi connectivity index (χ0v) is 73.2. The highest BCUT2D eigenvalue weighted by Crippen LogP contribution is 2.46. The Balaban J connectivity index is 1.82. The number of carbonyl (C=O) groups is 16. The van der Waals surface area contributed by atoms with E-state index in [0.29, 0.717) is 6.42 Å². The SMILES string of the molecule is C#CCCOP(OCCOCCC(=O)NC(CCC(=O)NC(CCC(=O)NCCOCCOC1OC(COC(C)=O)C(OC(C)=O)C(OC(C)=O)C1NC(C)=O)C(=O)NCCOCCOC1CC(OC(C)=O)C(OC(C)=O)C(COC(C)=O)O1)C(=O)NCCOCCOC1OC(COC(C)=O)C(OC(C)=O)C(OC(C)=O)C1NC(C)=O)N(C(C)C)C(C)C. The second kappa shape index (κ2) is 59.8. The summed E-state index contributed by atoms with van der Waals surface area (Å²) in [6.07, 6.45) is -11.2. The van der Waals surface area contributed by atoms with Gasteiger partial charge in [-0.2, -0.15) is 0 Å². The summed E-state index contributed by atoms with van der Waals surface area (Å²) in [6, 6.07) is -5.25. The number of hydrogen-bond acceptors (Lipinski definition) is 38. The molecule has 3 rings (SSSR count). The van der Waals surface area contributed by atoms with Crippen molar-refractivity contribution in [2.75, 3.05) is 125 Å². The van der Waals surface area contributed by atoms with Crippen LogP contribution in [0.4, 0.5) is 0 Å². The second-order valence-electron chi connectivity index (χ2n) is 28.3. The predicted molar refractivity (Wildman–Crippen MR) is 421 cm³/mol. The van der Waals surface area contributed by atoms with E-state index in [-0.39, 0.29) is 156 Å². The molecule has 0 spiro atoms. The number of ether oxygens (including phenoxy) is 19. The first kappa shape index (κ1) is 108. The monoisotopic (exact) mass is 1780 g/mol. The molecular formula is C77H123N8O37P. The fourth-order valence-electron chi connectivity index (χ4n) is 12.3. The quantitative estimate of drug-likeness (QED) is 0.0121. The van der Waals surface area contributed by atoms with Crippen LogP contribution in [0.25, 0.3) is 0 Å². The number of amides is 7. The van der Waals surface area contributed by atoms with Crippen LogP contribution in [0.2, 0.25) is 0 Å². The zero-order valence-electron chi connectivity index (χ0n) is 72.4. The van der Waals surface area contributed by atoms with Gasteiger partial charge in [0.1, 0.15) is 68.4 Å². The van der Waals surface area contributed by atoms with E-state index in [9.17, 15) is 76.7 Å². The molecule has 7 N–H and O–H groups in total. The van der Waals surface area contributed by atoms with Crippen LogP contribution in [-0.2, 0) is 176 Å². The van der Waals surface area contributed by atoms with Gasteiger partial charge in [0.05, 0.1) is 85.9 Å². The van der Waals surface area contributed by atoms with Crippen LogP contribution in [0, 0.1) is 12.3 Å². The van der Waals surface area contributed by atoms with Crippen molar-refractivity contribution < 1.29 is 176 Å². The Bertz CT molecular complexity index is 3420. The standard InChI is InChI=1S/C77H123N8O37P/c1-17-18-27-112-123(85(44(2)3)45(4)5)113-39-35-102-28-23-65(99)84-58(75(101)80-26-31-105-34-38-108-77-68(82-47(7)87)73(119-56(16)96)71(117-54(14)94)62(122-77)43-111-50(10)90)20-22-64(98)83-57(74(100)79-25-30-104-32-36-106-66-40-59(114-51(11)91)69(115-52(12)92)60(120-66)41-109-48(8)88)19-21-63(97)78-24-29-103-33-37-107-76-67(81-46(6)86)72(118-55(15)95)70(116-53(13)93)61(121-76)42-110-49(9)89/h1,44-45,57-62,66-73,76-77H,18-43H2,2-16H3,(H,78,97)(H,79,100)(H,80,101)(H,81,86)(H,82,87)(H,83,98)(H,84,99).